The van der Waals surface area contributed by atoms with Gasteiger partial charge in [-0.05, 0) is 38.5 Å². The summed E-state index contributed by atoms with van der Waals surface area (Å²) in [5, 5.41) is 16.9. The van der Waals surface area contributed by atoms with E-state index in [1.54, 1.807) is 0 Å². The van der Waals surface area contributed by atoms with Gasteiger partial charge in [0.05, 0.1) is 17.5 Å². The molecule has 20 heavy (non-hydrogen) atoms. The smallest absolute Gasteiger partial charge is 0.277 e. The second-order valence-corrected chi connectivity index (χ2v) is 6.40. The Hall–Kier alpha value is -1.56. The highest BCUT2D eigenvalue weighted by Crippen LogP contribution is 2.43. The van der Waals surface area contributed by atoms with Crippen molar-refractivity contribution >= 4 is 11.6 Å². The number of nitrogens with two attached hydrogens (primary N) is 1. The van der Waals surface area contributed by atoms with Gasteiger partial charge in [0.15, 0.2) is 5.69 Å². The molecule has 1 aromatic heterocycles. The third kappa shape index (κ3) is 1.74. The first kappa shape index (κ1) is 12.2. The van der Waals surface area contributed by atoms with E-state index in [2.05, 4.69) is 10.2 Å². The number of aromatic nitrogens is 2. The Kier molecular flexibility index (Phi) is 2.57. The number of rotatable bonds is 2. The summed E-state index contributed by atoms with van der Waals surface area (Å²) >= 11 is 0. The van der Waals surface area contributed by atoms with Crippen LogP contribution >= 0.6 is 0 Å². The van der Waals surface area contributed by atoms with Crippen molar-refractivity contribution in [3.05, 3.63) is 11.4 Å². The van der Waals surface area contributed by atoms with Crippen molar-refractivity contribution < 1.29 is 9.90 Å². The van der Waals surface area contributed by atoms with Crippen molar-refractivity contribution in [1.29, 1.82) is 0 Å². The zero-order valence-electron chi connectivity index (χ0n) is 11.4. The van der Waals surface area contributed by atoms with Gasteiger partial charge in [-0.15, -0.1) is 0 Å². The van der Waals surface area contributed by atoms with Crippen LogP contribution < -0.4 is 5.73 Å². The molecule has 0 radical (unpaired) electrons. The Morgan fingerprint density at radius 2 is 1.90 bits per heavy atom. The molecule has 3 aliphatic rings. The monoisotopic (exact) mass is 276 g/mol. The van der Waals surface area contributed by atoms with Crippen molar-refractivity contribution in [2.24, 2.45) is 0 Å². The average molecular weight is 276 g/mol. The number of aromatic amines is 1. The topological polar surface area (TPSA) is 95.2 Å². The van der Waals surface area contributed by atoms with Gasteiger partial charge >= 0.3 is 0 Å². The fourth-order valence-electron chi connectivity index (χ4n) is 3.81. The summed E-state index contributed by atoms with van der Waals surface area (Å²) in [6.45, 7) is 0. The van der Waals surface area contributed by atoms with E-state index in [4.69, 9.17) is 5.73 Å². The average Bonchev–Trinajstić information content (AvgIpc) is 3.12. The number of aliphatic hydroxyl groups excluding tert-OH is 1. The molecule has 1 aromatic rings. The minimum atomic E-state index is -0.268. The van der Waals surface area contributed by atoms with Gasteiger partial charge < -0.3 is 15.7 Å². The number of carbonyl (C=O) groups excluding carboxylic acids is 1. The largest absolute Gasteiger partial charge is 0.395 e. The molecule has 0 spiro atoms. The maximum Gasteiger partial charge on any atom is 0.277 e. The van der Waals surface area contributed by atoms with Crippen LogP contribution in [-0.2, 0) is 0 Å². The Morgan fingerprint density at radius 3 is 2.50 bits per heavy atom. The van der Waals surface area contributed by atoms with Crippen molar-refractivity contribution in [2.75, 3.05) is 5.73 Å². The van der Waals surface area contributed by atoms with Gasteiger partial charge in [-0.2, -0.15) is 5.10 Å². The van der Waals surface area contributed by atoms with Crippen molar-refractivity contribution in [2.45, 2.75) is 62.6 Å². The zero-order chi connectivity index (χ0) is 13.9. The maximum atomic E-state index is 12.7. The highest BCUT2D eigenvalue weighted by Gasteiger charge is 2.44. The lowest BCUT2D eigenvalue weighted by molar-refractivity contribution is 0.0283. The summed E-state index contributed by atoms with van der Waals surface area (Å²) < 4.78 is 0. The van der Waals surface area contributed by atoms with Crippen LogP contribution in [0.3, 0.4) is 0 Å². The Morgan fingerprint density at radius 1 is 1.25 bits per heavy atom. The molecular weight excluding hydrogens is 256 g/mol. The zero-order valence-corrected chi connectivity index (χ0v) is 11.4. The molecule has 2 bridgehead atoms. The standard InChI is InChI=1S/C14H20N4O2/c15-11-12(7-1-2-7)16-17-13(11)14(20)18-8-3-4-9(18)6-10(19)5-8/h7-10,19H,1-6,15H2,(H,16,17). The van der Waals surface area contributed by atoms with Gasteiger partial charge in [-0.25, -0.2) is 0 Å². The Balaban J connectivity index is 1.61. The highest BCUT2D eigenvalue weighted by atomic mass is 16.3. The number of H-pyrrole nitrogens is 1. The number of aliphatic hydroxyl groups is 1. The number of hydrogen-bond acceptors (Lipinski definition) is 4. The summed E-state index contributed by atoms with van der Waals surface area (Å²) in [6.07, 6.45) is 5.31. The summed E-state index contributed by atoms with van der Waals surface area (Å²) in [4.78, 5) is 14.6. The number of hydrogen-bond donors (Lipinski definition) is 3. The van der Waals surface area contributed by atoms with Crippen LogP contribution in [0.5, 0.6) is 0 Å². The molecule has 2 aliphatic heterocycles. The van der Waals surface area contributed by atoms with Crippen LogP contribution in [-0.4, -0.2) is 44.3 Å². The molecular formula is C14H20N4O2. The Bertz CT molecular complexity index is 537. The number of fused-ring (bicyclic) bond motifs is 2. The lowest BCUT2D eigenvalue weighted by atomic mass is 9.99. The number of nitrogen functional groups attached to an aromatic ring is 1. The first-order valence-corrected chi connectivity index (χ1v) is 7.49. The van der Waals surface area contributed by atoms with E-state index in [1.807, 2.05) is 4.90 Å². The third-order valence-electron chi connectivity index (χ3n) is 4.96. The predicted octanol–water partition coefficient (Wildman–Crippen LogP) is 0.997. The van der Waals surface area contributed by atoms with Crippen molar-refractivity contribution in [1.82, 2.24) is 15.1 Å². The van der Waals surface area contributed by atoms with Gasteiger partial charge in [0, 0.05) is 18.0 Å². The molecule has 4 rings (SSSR count). The fourth-order valence-corrected chi connectivity index (χ4v) is 3.81. The van der Waals surface area contributed by atoms with E-state index in [9.17, 15) is 9.90 Å². The first-order valence-electron chi connectivity index (χ1n) is 7.49. The molecule has 0 aromatic carbocycles. The van der Waals surface area contributed by atoms with E-state index in [0.717, 1.165) is 31.4 Å². The number of nitrogens with one attached hydrogen (secondary N) is 1. The van der Waals surface area contributed by atoms with E-state index >= 15 is 0 Å². The first-order chi connectivity index (χ1) is 9.65. The number of piperidine rings is 1. The van der Waals surface area contributed by atoms with E-state index in [1.165, 1.54) is 0 Å². The van der Waals surface area contributed by atoms with Gasteiger partial charge in [-0.1, -0.05) is 0 Å². The van der Waals surface area contributed by atoms with Crippen LogP contribution in [0.1, 0.15) is 60.6 Å². The van der Waals surface area contributed by atoms with Gasteiger partial charge in [-0.3, -0.25) is 9.89 Å². The number of carbonyl (C=O) groups is 1. The van der Waals surface area contributed by atoms with E-state index in [0.29, 0.717) is 30.1 Å². The third-order valence-corrected chi connectivity index (χ3v) is 4.96. The molecule has 6 heteroatoms. The molecule has 1 saturated carbocycles. The lowest BCUT2D eigenvalue weighted by Crippen LogP contribution is -2.48. The minimum absolute atomic E-state index is 0.0648. The molecule has 2 unspecified atom stereocenters. The Labute approximate surface area is 117 Å². The van der Waals surface area contributed by atoms with Crippen LogP contribution in [0.2, 0.25) is 0 Å². The molecule has 4 N–H and O–H groups in total. The fraction of sp³-hybridized carbons (Fsp3) is 0.714. The number of nitrogens with zero attached hydrogens (tertiary/aromatic N) is 2. The highest BCUT2D eigenvalue weighted by molar-refractivity contribution is 5.98. The normalized spacial score (nSPS) is 32.6. The van der Waals surface area contributed by atoms with Crippen LogP contribution in [0.15, 0.2) is 0 Å². The molecule has 3 fully saturated rings. The summed E-state index contributed by atoms with van der Waals surface area (Å²) in [7, 11) is 0. The SMILES string of the molecule is Nc1c(C(=O)N2C3CCC2CC(O)C3)n[nH]c1C1CC1. The number of anilines is 1. The molecule has 1 amide bonds. The second-order valence-electron chi connectivity index (χ2n) is 6.40. The molecule has 2 atom stereocenters. The van der Waals surface area contributed by atoms with E-state index < -0.39 is 0 Å². The second kappa shape index (κ2) is 4.22. The molecule has 1 aliphatic carbocycles. The number of amides is 1. The lowest BCUT2D eigenvalue weighted by Gasteiger charge is -2.36. The van der Waals surface area contributed by atoms with Crippen LogP contribution in [0.4, 0.5) is 5.69 Å². The van der Waals surface area contributed by atoms with Gasteiger partial charge in [0.1, 0.15) is 0 Å². The maximum absolute atomic E-state index is 12.7. The van der Waals surface area contributed by atoms with Crippen molar-refractivity contribution in [3.8, 4) is 0 Å². The minimum Gasteiger partial charge on any atom is -0.395 e. The molecule has 3 heterocycles. The quantitative estimate of drug-likeness (QED) is 0.751. The summed E-state index contributed by atoms with van der Waals surface area (Å²) in [5.41, 5.74) is 7.93. The van der Waals surface area contributed by atoms with Crippen molar-refractivity contribution in [3.63, 3.8) is 0 Å². The van der Waals surface area contributed by atoms with Crippen LogP contribution in [0, 0.1) is 0 Å². The van der Waals surface area contributed by atoms with Crippen LogP contribution in [0.25, 0.3) is 0 Å². The molecule has 2 saturated heterocycles. The van der Waals surface area contributed by atoms with E-state index in [-0.39, 0.29) is 24.1 Å². The van der Waals surface area contributed by atoms with Gasteiger partial charge in [0.25, 0.3) is 5.91 Å². The molecule has 108 valence electrons. The molecule has 6 nitrogen and oxygen atoms in total. The summed E-state index contributed by atoms with van der Waals surface area (Å²) in [6, 6.07) is 0.299. The summed E-state index contributed by atoms with van der Waals surface area (Å²) in [5.74, 6) is 0.397. The predicted molar refractivity (Wildman–Crippen MR) is 73.2 cm³/mol. The van der Waals surface area contributed by atoms with Gasteiger partial charge in [0.2, 0.25) is 0 Å².